The zero-order valence-electron chi connectivity index (χ0n) is 13.2. The molecule has 1 aliphatic rings. The minimum Gasteiger partial charge on any atom is -0.497 e. The summed E-state index contributed by atoms with van der Waals surface area (Å²) in [6, 6.07) is 7.52. The molecule has 0 aliphatic carbocycles. The van der Waals surface area contributed by atoms with E-state index in [2.05, 4.69) is 0 Å². The van der Waals surface area contributed by atoms with Gasteiger partial charge in [0.05, 0.1) is 25.2 Å². The van der Waals surface area contributed by atoms with Crippen LogP contribution >= 0.6 is 11.8 Å². The van der Waals surface area contributed by atoms with E-state index in [1.54, 1.807) is 18.9 Å². The highest BCUT2D eigenvalue weighted by molar-refractivity contribution is 8.00. The van der Waals surface area contributed by atoms with Gasteiger partial charge < -0.3 is 9.64 Å². The molecule has 1 atom stereocenters. The Kier molecular flexibility index (Phi) is 6.32. The number of benzene rings is 1. The van der Waals surface area contributed by atoms with Crippen molar-refractivity contribution in [1.82, 2.24) is 4.90 Å². The standard InChI is InChI=1S/C15H21NO5S2/c1-3-10-23(18,19)21-9-8-16-14(17)11-22-15(16)12-4-6-13(20-2)7-5-12/h4-7,15H,3,8-11H2,1-2H3/t15-/m0/s1. The van der Waals surface area contributed by atoms with Crippen molar-refractivity contribution in [3.05, 3.63) is 29.8 Å². The average Bonchev–Trinajstić information content (AvgIpc) is 2.88. The van der Waals surface area contributed by atoms with Crippen molar-refractivity contribution in [3.63, 3.8) is 0 Å². The number of carbonyl (C=O) groups excluding carboxylic acids is 1. The van der Waals surface area contributed by atoms with Gasteiger partial charge in [-0.05, 0) is 24.1 Å². The van der Waals surface area contributed by atoms with E-state index >= 15 is 0 Å². The number of ether oxygens (including phenoxy) is 1. The van der Waals surface area contributed by atoms with E-state index in [0.29, 0.717) is 12.2 Å². The third kappa shape index (κ3) is 4.86. The Hall–Kier alpha value is -1.25. The Labute approximate surface area is 141 Å². The molecular weight excluding hydrogens is 338 g/mol. The third-order valence-electron chi connectivity index (χ3n) is 3.42. The maximum atomic E-state index is 12.0. The highest BCUT2D eigenvalue weighted by Crippen LogP contribution is 2.38. The third-order valence-corrected chi connectivity index (χ3v) is 6.11. The molecule has 1 fully saturated rings. The number of hydrogen-bond acceptors (Lipinski definition) is 6. The molecule has 128 valence electrons. The molecule has 1 amide bonds. The normalized spacial score (nSPS) is 18.4. The van der Waals surface area contributed by atoms with Crippen LogP contribution < -0.4 is 4.74 Å². The second-order valence-corrected chi connectivity index (χ2v) is 7.94. The summed E-state index contributed by atoms with van der Waals surface area (Å²) >= 11 is 1.52. The van der Waals surface area contributed by atoms with Crippen LogP contribution in [0.4, 0.5) is 0 Å². The summed E-state index contributed by atoms with van der Waals surface area (Å²) in [4.78, 5) is 13.7. The minimum absolute atomic E-state index is 0.00238. The molecule has 1 saturated heterocycles. The van der Waals surface area contributed by atoms with E-state index in [1.165, 1.54) is 11.8 Å². The lowest BCUT2D eigenvalue weighted by Crippen LogP contribution is -2.32. The first-order valence-corrected chi connectivity index (χ1v) is 10.0. The Morgan fingerprint density at radius 2 is 2.00 bits per heavy atom. The largest absolute Gasteiger partial charge is 0.497 e. The van der Waals surface area contributed by atoms with Crippen molar-refractivity contribution in [1.29, 1.82) is 0 Å². The molecule has 0 N–H and O–H groups in total. The van der Waals surface area contributed by atoms with E-state index in [-0.39, 0.29) is 30.2 Å². The molecule has 0 radical (unpaired) electrons. The quantitative estimate of drug-likeness (QED) is 0.661. The van der Waals surface area contributed by atoms with E-state index in [4.69, 9.17) is 8.92 Å². The van der Waals surface area contributed by atoms with Crippen LogP contribution in [0.2, 0.25) is 0 Å². The van der Waals surface area contributed by atoms with Gasteiger partial charge in [0.25, 0.3) is 10.1 Å². The summed E-state index contributed by atoms with van der Waals surface area (Å²) in [5.41, 5.74) is 0.984. The molecule has 2 rings (SSSR count). The Morgan fingerprint density at radius 1 is 1.30 bits per heavy atom. The van der Waals surface area contributed by atoms with Gasteiger partial charge in [-0.1, -0.05) is 19.1 Å². The summed E-state index contributed by atoms with van der Waals surface area (Å²) in [6.07, 6.45) is 0.509. The molecule has 0 bridgehead atoms. The van der Waals surface area contributed by atoms with Gasteiger partial charge in [-0.25, -0.2) is 0 Å². The van der Waals surface area contributed by atoms with Crippen molar-refractivity contribution in [3.8, 4) is 5.75 Å². The molecule has 1 aromatic carbocycles. The van der Waals surface area contributed by atoms with Crippen LogP contribution in [0.25, 0.3) is 0 Å². The molecule has 0 aromatic heterocycles. The predicted octanol–water partition coefficient (Wildman–Crippen LogP) is 2.03. The Bertz CT molecular complexity index is 630. The molecule has 23 heavy (non-hydrogen) atoms. The number of hydrogen-bond donors (Lipinski definition) is 0. The smallest absolute Gasteiger partial charge is 0.267 e. The topological polar surface area (TPSA) is 72.9 Å². The van der Waals surface area contributed by atoms with E-state index < -0.39 is 10.1 Å². The Balaban J connectivity index is 1.99. The maximum absolute atomic E-state index is 12.0. The summed E-state index contributed by atoms with van der Waals surface area (Å²) in [6.45, 7) is 2.02. The van der Waals surface area contributed by atoms with Gasteiger partial charge in [0.15, 0.2) is 0 Å². The summed E-state index contributed by atoms with van der Waals surface area (Å²) in [5, 5.41) is -0.120. The second kappa shape index (κ2) is 8.03. The van der Waals surface area contributed by atoms with Gasteiger partial charge in [-0.3, -0.25) is 8.98 Å². The lowest BCUT2D eigenvalue weighted by atomic mass is 10.2. The average molecular weight is 359 g/mol. The molecule has 1 aliphatic heterocycles. The van der Waals surface area contributed by atoms with Gasteiger partial charge in [0.1, 0.15) is 11.1 Å². The van der Waals surface area contributed by atoms with Crippen molar-refractivity contribution in [2.75, 3.05) is 31.8 Å². The zero-order valence-corrected chi connectivity index (χ0v) is 14.9. The summed E-state index contributed by atoms with van der Waals surface area (Å²) in [7, 11) is -1.89. The molecule has 0 spiro atoms. The van der Waals surface area contributed by atoms with Gasteiger partial charge in [0, 0.05) is 6.54 Å². The van der Waals surface area contributed by atoms with Crippen molar-refractivity contribution in [2.24, 2.45) is 0 Å². The van der Waals surface area contributed by atoms with Crippen LogP contribution in [-0.4, -0.2) is 51.0 Å². The monoisotopic (exact) mass is 359 g/mol. The lowest BCUT2D eigenvalue weighted by Gasteiger charge is -2.24. The summed E-state index contributed by atoms with van der Waals surface area (Å²) in [5.74, 6) is 1.13. The number of amides is 1. The first-order valence-electron chi connectivity index (χ1n) is 7.39. The molecule has 6 nitrogen and oxygen atoms in total. The van der Waals surface area contributed by atoms with E-state index in [0.717, 1.165) is 11.3 Å². The zero-order chi connectivity index (χ0) is 16.9. The van der Waals surface area contributed by atoms with Crippen LogP contribution in [0.15, 0.2) is 24.3 Å². The molecule has 0 saturated carbocycles. The summed E-state index contributed by atoms with van der Waals surface area (Å²) < 4.78 is 33.2. The van der Waals surface area contributed by atoms with Crippen molar-refractivity contribution >= 4 is 27.8 Å². The Morgan fingerprint density at radius 3 is 2.61 bits per heavy atom. The number of nitrogens with zero attached hydrogens (tertiary/aromatic N) is 1. The number of thioether (sulfide) groups is 1. The highest BCUT2D eigenvalue weighted by Gasteiger charge is 2.32. The number of methoxy groups -OCH3 is 1. The van der Waals surface area contributed by atoms with E-state index in [1.807, 2.05) is 24.3 Å². The molecular formula is C15H21NO5S2. The first kappa shape index (κ1) is 18.1. The van der Waals surface area contributed by atoms with Crippen LogP contribution in [0.1, 0.15) is 24.3 Å². The predicted molar refractivity (Wildman–Crippen MR) is 89.9 cm³/mol. The fraction of sp³-hybridized carbons (Fsp3) is 0.533. The molecule has 1 heterocycles. The van der Waals surface area contributed by atoms with Gasteiger partial charge >= 0.3 is 0 Å². The maximum Gasteiger partial charge on any atom is 0.267 e. The first-order chi connectivity index (χ1) is 11.0. The fourth-order valence-electron chi connectivity index (χ4n) is 2.31. The van der Waals surface area contributed by atoms with Crippen LogP contribution in [0.5, 0.6) is 5.75 Å². The fourth-order valence-corrected chi connectivity index (χ4v) is 4.48. The second-order valence-electron chi connectivity index (χ2n) is 5.11. The molecule has 8 heteroatoms. The number of carbonyl (C=O) groups is 1. The molecule has 1 aromatic rings. The molecule has 0 unspecified atom stereocenters. The van der Waals surface area contributed by atoms with Crippen LogP contribution in [-0.2, 0) is 19.1 Å². The SMILES string of the molecule is CCCS(=O)(=O)OCCN1C(=O)CS[C@H]1c1ccc(OC)cc1. The van der Waals surface area contributed by atoms with Crippen LogP contribution in [0, 0.1) is 0 Å². The van der Waals surface area contributed by atoms with Crippen LogP contribution in [0.3, 0.4) is 0 Å². The van der Waals surface area contributed by atoms with Crippen molar-refractivity contribution < 1.29 is 22.1 Å². The van der Waals surface area contributed by atoms with Crippen molar-refractivity contribution in [2.45, 2.75) is 18.7 Å². The lowest BCUT2D eigenvalue weighted by molar-refractivity contribution is -0.128. The van der Waals surface area contributed by atoms with Gasteiger partial charge in [-0.15, -0.1) is 11.8 Å². The minimum atomic E-state index is -3.49. The van der Waals surface area contributed by atoms with E-state index in [9.17, 15) is 13.2 Å². The van der Waals surface area contributed by atoms with Gasteiger partial charge in [-0.2, -0.15) is 8.42 Å². The van der Waals surface area contributed by atoms with Gasteiger partial charge in [0.2, 0.25) is 5.91 Å². The highest BCUT2D eigenvalue weighted by atomic mass is 32.2. The number of rotatable bonds is 8.